The Balaban J connectivity index is 1.57. The summed E-state index contributed by atoms with van der Waals surface area (Å²) >= 11 is 1.40. The predicted molar refractivity (Wildman–Crippen MR) is 102 cm³/mol. The molecule has 1 amide bonds. The van der Waals surface area contributed by atoms with Crippen LogP contribution in [0.5, 0.6) is 0 Å². The lowest BCUT2D eigenvalue weighted by Crippen LogP contribution is -2.40. The van der Waals surface area contributed by atoms with Crippen LogP contribution < -0.4 is 5.32 Å². The van der Waals surface area contributed by atoms with Crippen molar-refractivity contribution in [3.8, 4) is 11.4 Å². The molecule has 5 nitrogen and oxygen atoms in total. The van der Waals surface area contributed by atoms with E-state index in [2.05, 4.69) is 39.6 Å². The molecule has 3 rings (SSSR count). The van der Waals surface area contributed by atoms with Crippen LogP contribution in [-0.4, -0.2) is 32.4 Å². The van der Waals surface area contributed by atoms with Crippen LogP contribution >= 0.6 is 11.8 Å². The Bertz CT molecular complexity index is 692. The summed E-state index contributed by atoms with van der Waals surface area (Å²) in [5, 5.41) is 10.8. The zero-order valence-electron chi connectivity index (χ0n) is 14.9. The molecule has 0 radical (unpaired) electrons. The number of amides is 1. The van der Waals surface area contributed by atoms with Gasteiger partial charge in [0.1, 0.15) is 0 Å². The molecule has 6 heteroatoms. The summed E-state index contributed by atoms with van der Waals surface area (Å²) in [6.07, 6.45) is 6.94. The first-order valence-electron chi connectivity index (χ1n) is 9.14. The van der Waals surface area contributed by atoms with Crippen LogP contribution in [0.4, 0.5) is 0 Å². The fourth-order valence-electron chi connectivity index (χ4n) is 3.10. The van der Waals surface area contributed by atoms with Gasteiger partial charge in [-0.1, -0.05) is 62.2 Å². The number of aromatic amines is 1. The number of carbonyl (C=O) groups excluding carboxylic acids is 1. The van der Waals surface area contributed by atoms with Crippen molar-refractivity contribution < 1.29 is 4.79 Å². The van der Waals surface area contributed by atoms with E-state index in [9.17, 15) is 4.79 Å². The molecule has 2 aromatic rings. The number of benzene rings is 1. The van der Waals surface area contributed by atoms with E-state index in [4.69, 9.17) is 0 Å². The molecule has 1 aromatic heterocycles. The van der Waals surface area contributed by atoms with Crippen molar-refractivity contribution in [1.29, 1.82) is 0 Å². The number of carbonyl (C=O) groups is 1. The van der Waals surface area contributed by atoms with E-state index < -0.39 is 0 Å². The normalized spacial score (nSPS) is 16.6. The first-order chi connectivity index (χ1) is 12.2. The molecule has 1 atom stereocenters. The maximum absolute atomic E-state index is 12.4. The van der Waals surface area contributed by atoms with E-state index >= 15 is 0 Å². The van der Waals surface area contributed by atoms with Crippen molar-refractivity contribution in [2.75, 3.05) is 0 Å². The average Bonchev–Trinajstić information content (AvgIpc) is 3.11. The number of nitrogens with zero attached hydrogens (tertiary/aromatic N) is 2. The quantitative estimate of drug-likeness (QED) is 0.767. The Morgan fingerprint density at radius 2 is 2.00 bits per heavy atom. The highest BCUT2D eigenvalue weighted by molar-refractivity contribution is 8.00. The third kappa shape index (κ3) is 4.84. The van der Waals surface area contributed by atoms with Crippen molar-refractivity contribution in [2.45, 2.75) is 68.8 Å². The molecule has 0 unspecified atom stereocenters. The van der Waals surface area contributed by atoms with Crippen LogP contribution in [0.1, 0.15) is 51.5 Å². The van der Waals surface area contributed by atoms with Crippen molar-refractivity contribution in [3.63, 3.8) is 0 Å². The van der Waals surface area contributed by atoms with Crippen LogP contribution in [-0.2, 0) is 11.2 Å². The van der Waals surface area contributed by atoms with Gasteiger partial charge in [-0.2, -0.15) is 0 Å². The summed E-state index contributed by atoms with van der Waals surface area (Å²) in [4.78, 5) is 16.9. The summed E-state index contributed by atoms with van der Waals surface area (Å²) in [5.41, 5.74) is 2.31. The summed E-state index contributed by atoms with van der Waals surface area (Å²) in [6.45, 7) is 4.05. The van der Waals surface area contributed by atoms with Gasteiger partial charge in [-0.05, 0) is 31.7 Å². The van der Waals surface area contributed by atoms with Gasteiger partial charge in [0, 0.05) is 11.6 Å². The number of aryl methyl sites for hydroxylation is 1. The van der Waals surface area contributed by atoms with Crippen LogP contribution in [0.3, 0.4) is 0 Å². The van der Waals surface area contributed by atoms with E-state index in [1.165, 1.54) is 36.6 Å². The predicted octanol–water partition coefficient (Wildman–Crippen LogP) is 3.96. The smallest absolute Gasteiger partial charge is 0.233 e. The molecule has 0 spiro atoms. The molecule has 1 saturated carbocycles. The van der Waals surface area contributed by atoms with Gasteiger partial charge in [-0.15, -0.1) is 5.10 Å². The molecular weight excluding hydrogens is 332 g/mol. The van der Waals surface area contributed by atoms with E-state index in [-0.39, 0.29) is 11.2 Å². The number of thioether (sulfide) groups is 1. The fraction of sp³-hybridized carbons (Fsp3) is 0.526. The minimum atomic E-state index is -0.201. The summed E-state index contributed by atoms with van der Waals surface area (Å²) < 4.78 is 0. The molecule has 2 N–H and O–H groups in total. The Kier molecular flexibility index (Phi) is 6.13. The van der Waals surface area contributed by atoms with Gasteiger partial charge in [0.15, 0.2) is 5.82 Å². The van der Waals surface area contributed by atoms with E-state index in [1.807, 2.05) is 19.1 Å². The second kappa shape index (κ2) is 8.52. The van der Waals surface area contributed by atoms with Crippen LogP contribution in [0.25, 0.3) is 11.4 Å². The van der Waals surface area contributed by atoms with Gasteiger partial charge in [0.05, 0.1) is 5.25 Å². The van der Waals surface area contributed by atoms with Gasteiger partial charge in [0.2, 0.25) is 11.1 Å². The maximum atomic E-state index is 12.4. The van der Waals surface area contributed by atoms with Gasteiger partial charge in [-0.25, -0.2) is 4.98 Å². The van der Waals surface area contributed by atoms with Crippen molar-refractivity contribution in [1.82, 2.24) is 20.5 Å². The molecule has 25 heavy (non-hydrogen) atoms. The SMILES string of the molecule is CCc1ccc(-c2nc(S[C@@H](C)C(=O)NC3CCCCC3)n[nH]2)cc1. The molecule has 1 heterocycles. The highest BCUT2D eigenvalue weighted by atomic mass is 32.2. The Labute approximate surface area is 153 Å². The van der Waals surface area contributed by atoms with Crippen molar-refractivity contribution in [2.24, 2.45) is 0 Å². The lowest BCUT2D eigenvalue weighted by atomic mass is 9.95. The molecule has 0 aliphatic heterocycles. The van der Waals surface area contributed by atoms with Gasteiger partial charge in [-0.3, -0.25) is 9.89 Å². The number of nitrogens with one attached hydrogen (secondary N) is 2. The largest absolute Gasteiger partial charge is 0.352 e. The standard InChI is InChI=1S/C19H26N4OS/c1-3-14-9-11-15(12-10-14)17-21-19(23-22-17)25-13(2)18(24)20-16-7-5-4-6-8-16/h9-13,16H,3-8H2,1-2H3,(H,20,24)(H,21,22,23)/t13-/m0/s1. The summed E-state index contributed by atoms with van der Waals surface area (Å²) in [6, 6.07) is 8.64. The van der Waals surface area contributed by atoms with E-state index in [1.54, 1.807) is 0 Å². The van der Waals surface area contributed by atoms with Crippen LogP contribution in [0, 0.1) is 0 Å². The van der Waals surface area contributed by atoms with Gasteiger partial charge < -0.3 is 5.32 Å². The molecule has 1 aliphatic carbocycles. The molecule has 134 valence electrons. The highest BCUT2D eigenvalue weighted by Crippen LogP contribution is 2.24. The number of H-pyrrole nitrogens is 1. The maximum Gasteiger partial charge on any atom is 0.233 e. The number of aromatic nitrogens is 3. The lowest BCUT2D eigenvalue weighted by Gasteiger charge is -2.24. The summed E-state index contributed by atoms with van der Waals surface area (Å²) in [7, 11) is 0. The Morgan fingerprint density at radius 3 is 2.68 bits per heavy atom. The molecule has 0 saturated heterocycles. The fourth-order valence-corrected chi connectivity index (χ4v) is 3.84. The molecule has 1 aromatic carbocycles. The topological polar surface area (TPSA) is 70.7 Å². The van der Waals surface area contributed by atoms with Crippen molar-refractivity contribution >= 4 is 17.7 Å². The number of hydrogen-bond donors (Lipinski definition) is 2. The first-order valence-corrected chi connectivity index (χ1v) is 10.0. The molecule has 0 bridgehead atoms. The zero-order valence-corrected chi connectivity index (χ0v) is 15.7. The number of hydrogen-bond acceptors (Lipinski definition) is 4. The minimum absolute atomic E-state index is 0.0792. The minimum Gasteiger partial charge on any atom is -0.352 e. The van der Waals surface area contributed by atoms with E-state index in [0.717, 1.165) is 30.7 Å². The highest BCUT2D eigenvalue weighted by Gasteiger charge is 2.21. The third-order valence-corrected chi connectivity index (χ3v) is 5.66. The first kappa shape index (κ1) is 18.0. The lowest BCUT2D eigenvalue weighted by molar-refractivity contribution is -0.121. The second-order valence-corrected chi connectivity index (χ2v) is 7.93. The van der Waals surface area contributed by atoms with Crippen molar-refractivity contribution in [3.05, 3.63) is 29.8 Å². The average molecular weight is 359 g/mol. The number of rotatable bonds is 6. The zero-order chi connectivity index (χ0) is 17.6. The molecular formula is C19H26N4OS. The monoisotopic (exact) mass is 358 g/mol. The van der Waals surface area contributed by atoms with Crippen LogP contribution in [0.2, 0.25) is 0 Å². The molecule has 1 aliphatic rings. The van der Waals surface area contributed by atoms with E-state index in [0.29, 0.717) is 11.2 Å². The molecule has 1 fully saturated rings. The van der Waals surface area contributed by atoms with Gasteiger partial charge >= 0.3 is 0 Å². The summed E-state index contributed by atoms with van der Waals surface area (Å²) in [5.74, 6) is 0.820. The second-order valence-electron chi connectivity index (χ2n) is 6.62. The van der Waals surface area contributed by atoms with Crippen LogP contribution in [0.15, 0.2) is 29.4 Å². The third-order valence-electron chi connectivity index (χ3n) is 4.70. The Morgan fingerprint density at radius 1 is 1.28 bits per heavy atom. The Hall–Kier alpha value is -1.82. The van der Waals surface area contributed by atoms with Gasteiger partial charge in [0.25, 0.3) is 0 Å².